The highest BCUT2D eigenvalue weighted by Crippen LogP contribution is 2.21. The summed E-state index contributed by atoms with van der Waals surface area (Å²) in [5.41, 5.74) is 9.54. The molecule has 3 heteroatoms. The van der Waals surface area contributed by atoms with Crippen molar-refractivity contribution in [3.63, 3.8) is 0 Å². The zero-order chi connectivity index (χ0) is 13.2. The van der Waals surface area contributed by atoms with Crippen molar-refractivity contribution >= 4 is 16.6 Å². The summed E-state index contributed by atoms with van der Waals surface area (Å²) in [6, 6.07) is 12.3. The topological polar surface area (TPSA) is 51.8 Å². The van der Waals surface area contributed by atoms with Gasteiger partial charge in [0.15, 0.2) is 0 Å². The zero-order valence-corrected chi connectivity index (χ0v) is 10.8. The van der Waals surface area contributed by atoms with E-state index in [1.54, 1.807) is 6.20 Å². The molecule has 0 unspecified atom stereocenters. The first-order valence-electron chi connectivity index (χ1n) is 6.27. The van der Waals surface area contributed by atoms with Crippen molar-refractivity contribution in [1.82, 2.24) is 9.97 Å². The van der Waals surface area contributed by atoms with Crippen LogP contribution in [0.1, 0.15) is 16.8 Å². The van der Waals surface area contributed by atoms with E-state index in [-0.39, 0.29) is 0 Å². The second-order valence-corrected chi connectivity index (χ2v) is 4.70. The number of aromatic nitrogens is 2. The third kappa shape index (κ3) is 2.27. The van der Waals surface area contributed by atoms with Crippen molar-refractivity contribution in [2.75, 3.05) is 5.73 Å². The first kappa shape index (κ1) is 11.7. The number of pyridine rings is 2. The Labute approximate surface area is 112 Å². The SMILES string of the molecule is Cc1ccccc1Cc1cc2cnccc2c(N)n1. The van der Waals surface area contributed by atoms with Crippen molar-refractivity contribution in [3.05, 3.63) is 65.6 Å². The number of benzene rings is 1. The first-order chi connectivity index (χ1) is 9.24. The van der Waals surface area contributed by atoms with Gasteiger partial charge in [0.05, 0.1) is 0 Å². The van der Waals surface area contributed by atoms with Gasteiger partial charge in [-0.3, -0.25) is 4.98 Å². The Bertz CT molecular complexity index is 735. The van der Waals surface area contributed by atoms with Crippen LogP contribution < -0.4 is 5.73 Å². The molecule has 3 aromatic rings. The van der Waals surface area contributed by atoms with Gasteiger partial charge in [0.25, 0.3) is 0 Å². The van der Waals surface area contributed by atoms with Gasteiger partial charge in [-0.2, -0.15) is 0 Å². The van der Waals surface area contributed by atoms with Gasteiger partial charge in [-0.1, -0.05) is 24.3 Å². The molecular weight excluding hydrogens is 234 g/mol. The van der Waals surface area contributed by atoms with E-state index < -0.39 is 0 Å². The molecule has 94 valence electrons. The minimum atomic E-state index is 0.573. The number of anilines is 1. The van der Waals surface area contributed by atoms with Crippen LogP contribution in [0, 0.1) is 6.92 Å². The normalized spacial score (nSPS) is 10.8. The Morgan fingerprint density at radius 1 is 1.16 bits per heavy atom. The van der Waals surface area contributed by atoms with Gasteiger partial charge in [0.2, 0.25) is 0 Å². The fourth-order valence-corrected chi connectivity index (χ4v) is 2.28. The standard InChI is InChI=1S/C16H15N3/c1-11-4-2-3-5-12(11)8-14-9-13-10-18-7-6-15(13)16(17)19-14/h2-7,9-10H,8H2,1H3,(H2,17,19). The van der Waals surface area contributed by atoms with E-state index in [0.29, 0.717) is 5.82 Å². The van der Waals surface area contributed by atoms with E-state index in [9.17, 15) is 0 Å². The van der Waals surface area contributed by atoms with Crippen LogP contribution in [0.5, 0.6) is 0 Å². The summed E-state index contributed by atoms with van der Waals surface area (Å²) in [5.74, 6) is 0.573. The maximum Gasteiger partial charge on any atom is 0.131 e. The summed E-state index contributed by atoms with van der Waals surface area (Å²) < 4.78 is 0. The van der Waals surface area contributed by atoms with E-state index in [0.717, 1.165) is 22.9 Å². The van der Waals surface area contributed by atoms with E-state index >= 15 is 0 Å². The van der Waals surface area contributed by atoms with Crippen LogP contribution >= 0.6 is 0 Å². The lowest BCUT2D eigenvalue weighted by molar-refractivity contribution is 1.07. The minimum absolute atomic E-state index is 0.573. The third-order valence-electron chi connectivity index (χ3n) is 3.35. The van der Waals surface area contributed by atoms with Gasteiger partial charge >= 0.3 is 0 Å². The lowest BCUT2D eigenvalue weighted by atomic mass is 10.0. The first-order valence-corrected chi connectivity index (χ1v) is 6.27. The second kappa shape index (κ2) is 4.69. The molecule has 2 aromatic heterocycles. The van der Waals surface area contributed by atoms with Gasteiger partial charge in [-0.05, 0) is 30.2 Å². The Morgan fingerprint density at radius 2 is 2.00 bits per heavy atom. The summed E-state index contributed by atoms with van der Waals surface area (Å²) in [7, 11) is 0. The number of rotatable bonds is 2. The lowest BCUT2D eigenvalue weighted by Crippen LogP contribution is -1.99. The highest BCUT2D eigenvalue weighted by Gasteiger charge is 2.05. The fourth-order valence-electron chi connectivity index (χ4n) is 2.28. The minimum Gasteiger partial charge on any atom is -0.383 e. The summed E-state index contributed by atoms with van der Waals surface area (Å²) in [5, 5.41) is 2.00. The molecule has 0 aliphatic carbocycles. The summed E-state index contributed by atoms with van der Waals surface area (Å²) in [6.07, 6.45) is 4.36. The monoisotopic (exact) mass is 249 g/mol. The molecule has 0 bridgehead atoms. The third-order valence-corrected chi connectivity index (χ3v) is 3.35. The van der Waals surface area contributed by atoms with Gasteiger partial charge in [0.1, 0.15) is 5.82 Å². The number of nitrogens with zero attached hydrogens (tertiary/aromatic N) is 2. The number of hydrogen-bond acceptors (Lipinski definition) is 3. The predicted molar refractivity (Wildman–Crippen MR) is 77.9 cm³/mol. The maximum atomic E-state index is 6.01. The van der Waals surface area contributed by atoms with E-state index in [1.165, 1.54) is 11.1 Å². The van der Waals surface area contributed by atoms with E-state index in [4.69, 9.17) is 5.73 Å². The van der Waals surface area contributed by atoms with Crippen molar-refractivity contribution in [2.45, 2.75) is 13.3 Å². The average molecular weight is 249 g/mol. The van der Waals surface area contributed by atoms with Crippen LogP contribution in [-0.4, -0.2) is 9.97 Å². The molecule has 0 saturated carbocycles. The highest BCUT2D eigenvalue weighted by molar-refractivity contribution is 5.90. The largest absolute Gasteiger partial charge is 0.383 e. The van der Waals surface area contributed by atoms with Crippen LogP contribution in [0.3, 0.4) is 0 Å². The molecule has 2 N–H and O–H groups in total. The summed E-state index contributed by atoms with van der Waals surface area (Å²) in [6.45, 7) is 2.11. The maximum absolute atomic E-state index is 6.01. The molecule has 3 nitrogen and oxygen atoms in total. The summed E-state index contributed by atoms with van der Waals surface area (Å²) >= 11 is 0. The molecule has 2 heterocycles. The molecule has 19 heavy (non-hydrogen) atoms. The molecule has 1 aromatic carbocycles. The Balaban J connectivity index is 2.04. The number of hydrogen-bond donors (Lipinski definition) is 1. The summed E-state index contributed by atoms with van der Waals surface area (Å²) in [4.78, 5) is 8.62. The predicted octanol–water partition coefficient (Wildman–Crippen LogP) is 3.11. The molecule has 0 spiro atoms. The molecule has 0 atom stereocenters. The van der Waals surface area contributed by atoms with Crippen molar-refractivity contribution in [1.29, 1.82) is 0 Å². The van der Waals surface area contributed by atoms with Crippen LogP contribution in [-0.2, 0) is 6.42 Å². The number of aryl methyl sites for hydroxylation is 1. The highest BCUT2D eigenvalue weighted by atomic mass is 14.8. The Hall–Kier alpha value is -2.42. The van der Waals surface area contributed by atoms with Crippen molar-refractivity contribution < 1.29 is 0 Å². The molecular formula is C16H15N3. The lowest BCUT2D eigenvalue weighted by Gasteiger charge is -2.08. The Morgan fingerprint density at radius 3 is 2.84 bits per heavy atom. The van der Waals surface area contributed by atoms with E-state index in [2.05, 4.69) is 35.1 Å². The van der Waals surface area contributed by atoms with Crippen LogP contribution in [0.15, 0.2) is 48.8 Å². The Kier molecular flexibility index (Phi) is 2.88. The van der Waals surface area contributed by atoms with Gasteiger partial charge in [0, 0.05) is 35.3 Å². The molecule has 0 aliphatic rings. The molecule has 0 radical (unpaired) electrons. The molecule has 3 rings (SSSR count). The van der Waals surface area contributed by atoms with Crippen LogP contribution in [0.2, 0.25) is 0 Å². The molecule has 0 fully saturated rings. The van der Waals surface area contributed by atoms with Gasteiger partial charge < -0.3 is 5.73 Å². The number of nitrogens with two attached hydrogens (primary N) is 1. The quantitative estimate of drug-likeness (QED) is 0.759. The number of nitrogen functional groups attached to an aromatic ring is 1. The average Bonchev–Trinajstić information content (AvgIpc) is 2.42. The molecule has 0 aliphatic heterocycles. The second-order valence-electron chi connectivity index (χ2n) is 4.70. The van der Waals surface area contributed by atoms with Crippen LogP contribution in [0.25, 0.3) is 10.8 Å². The number of fused-ring (bicyclic) bond motifs is 1. The molecule has 0 amide bonds. The van der Waals surface area contributed by atoms with Gasteiger partial charge in [-0.15, -0.1) is 0 Å². The van der Waals surface area contributed by atoms with E-state index in [1.807, 2.05) is 24.4 Å². The van der Waals surface area contributed by atoms with Crippen LogP contribution in [0.4, 0.5) is 5.82 Å². The van der Waals surface area contributed by atoms with Crippen molar-refractivity contribution in [2.24, 2.45) is 0 Å². The smallest absolute Gasteiger partial charge is 0.131 e. The molecule has 0 saturated heterocycles. The zero-order valence-electron chi connectivity index (χ0n) is 10.8. The fraction of sp³-hybridized carbons (Fsp3) is 0.125. The van der Waals surface area contributed by atoms with Crippen molar-refractivity contribution in [3.8, 4) is 0 Å². The van der Waals surface area contributed by atoms with Gasteiger partial charge in [-0.25, -0.2) is 4.98 Å².